The van der Waals surface area contributed by atoms with Gasteiger partial charge in [-0.3, -0.25) is 4.79 Å². The Kier molecular flexibility index (Phi) is 4.66. The zero-order chi connectivity index (χ0) is 12.0. The van der Waals surface area contributed by atoms with Gasteiger partial charge in [0.1, 0.15) is 5.82 Å². The molecule has 0 aliphatic carbocycles. The molecule has 86 valence electrons. The monoisotopic (exact) mass is 223 g/mol. The molecule has 3 N–H and O–H groups in total. The molecule has 0 saturated carbocycles. The lowest BCUT2D eigenvalue weighted by atomic mass is 10.1. The van der Waals surface area contributed by atoms with Crippen LogP contribution in [0.2, 0.25) is 0 Å². The Bertz CT molecular complexity index is 373. The van der Waals surface area contributed by atoms with Crippen LogP contribution in [0.1, 0.15) is 18.4 Å². The van der Waals surface area contributed by atoms with Gasteiger partial charge < -0.3 is 10.8 Å². The van der Waals surface area contributed by atoms with Gasteiger partial charge in [-0.2, -0.15) is 0 Å². The average molecular weight is 223 g/mol. The summed E-state index contributed by atoms with van der Waals surface area (Å²) in [7, 11) is 0. The van der Waals surface area contributed by atoms with Crippen LogP contribution in [0.15, 0.2) is 30.3 Å². The summed E-state index contributed by atoms with van der Waals surface area (Å²) in [4.78, 5) is 10.3. The minimum Gasteiger partial charge on any atom is -0.481 e. The molecule has 0 spiro atoms. The molecule has 1 unspecified atom stereocenters. The maximum absolute atomic E-state index is 12.6. The standard InChI is InChI=1S/C12H14FNO2/c13-10-4-1-9(2-5-10)3-6-11(14)7-8-12(15)16/h1-6,11H,7-8,14H2,(H,15,16)/b6-3+. The third kappa shape index (κ3) is 4.70. The van der Waals surface area contributed by atoms with Gasteiger partial charge in [0.25, 0.3) is 0 Å². The van der Waals surface area contributed by atoms with E-state index in [1.54, 1.807) is 24.3 Å². The van der Waals surface area contributed by atoms with Crippen LogP contribution in [-0.2, 0) is 4.79 Å². The minimum atomic E-state index is -0.856. The van der Waals surface area contributed by atoms with Crippen LogP contribution in [0.25, 0.3) is 6.08 Å². The first-order valence-corrected chi connectivity index (χ1v) is 4.99. The van der Waals surface area contributed by atoms with E-state index in [9.17, 15) is 9.18 Å². The number of hydrogen-bond acceptors (Lipinski definition) is 2. The van der Waals surface area contributed by atoms with Crippen LogP contribution < -0.4 is 5.73 Å². The molecule has 0 amide bonds. The Morgan fingerprint density at radius 1 is 1.44 bits per heavy atom. The maximum Gasteiger partial charge on any atom is 0.303 e. The van der Waals surface area contributed by atoms with Crippen LogP contribution in [0.5, 0.6) is 0 Å². The van der Waals surface area contributed by atoms with E-state index in [0.29, 0.717) is 6.42 Å². The summed E-state index contributed by atoms with van der Waals surface area (Å²) in [5.74, 6) is -1.14. The van der Waals surface area contributed by atoms with Crippen LogP contribution in [0, 0.1) is 5.82 Å². The van der Waals surface area contributed by atoms with E-state index in [0.717, 1.165) is 5.56 Å². The Morgan fingerprint density at radius 3 is 2.62 bits per heavy atom. The van der Waals surface area contributed by atoms with E-state index < -0.39 is 5.97 Å². The minimum absolute atomic E-state index is 0.0505. The lowest BCUT2D eigenvalue weighted by Crippen LogP contribution is -2.17. The average Bonchev–Trinajstić information content (AvgIpc) is 2.25. The zero-order valence-electron chi connectivity index (χ0n) is 8.77. The highest BCUT2D eigenvalue weighted by molar-refractivity contribution is 5.66. The van der Waals surface area contributed by atoms with E-state index in [-0.39, 0.29) is 18.3 Å². The van der Waals surface area contributed by atoms with Crippen molar-refractivity contribution in [1.82, 2.24) is 0 Å². The van der Waals surface area contributed by atoms with Crippen molar-refractivity contribution in [2.24, 2.45) is 5.73 Å². The number of hydrogen-bond donors (Lipinski definition) is 2. The van der Waals surface area contributed by atoms with Crippen molar-refractivity contribution in [2.75, 3.05) is 0 Å². The summed E-state index contributed by atoms with van der Waals surface area (Å²) in [6.07, 6.45) is 3.92. The van der Waals surface area contributed by atoms with Crippen molar-refractivity contribution in [3.63, 3.8) is 0 Å². The van der Waals surface area contributed by atoms with Crippen molar-refractivity contribution in [1.29, 1.82) is 0 Å². The number of benzene rings is 1. The number of carbonyl (C=O) groups is 1. The second-order valence-electron chi connectivity index (χ2n) is 3.51. The summed E-state index contributed by atoms with van der Waals surface area (Å²) in [6, 6.07) is 5.71. The molecule has 0 aromatic heterocycles. The molecular weight excluding hydrogens is 209 g/mol. The van der Waals surface area contributed by atoms with Crippen molar-refractivity contribution in [2.45, 2.75) is 18.9 Å². The first-order valence-electron chi connectivity index (χ1n) is 4.99. The van der Waals surface area contributed by atoms with Gasteiger partial charge in [-0.15, -0.1) is 0 Å². The smallest absolute Gasteiger partial charge is 0.303 e. The molecule has 0 fully saturated rings. The van der Waals surface area contributed by atoms with Gasteiger partial charge in [-0.25, -0.2) is 4.39 Å². The number of carboxylic acid groups (broad SMARTS) is 1. The van der Waals surface area contributed by atoms with E-state index in [1.165, 1.54) is 12.1 Å². The quantitative estimate of drug-likeness (QED) is 0.802. The molecule has 0 saturated heterocycles. The van der Waals surface area contributed by atoms with Crippen LogP contribution in [-0.4, -0.2) is 17.1 Å². The largest absolute Gasteiger partial charge is 0.481 e. The topological polar surface area (TPSA) is 63.3 Å². The number of carboxylic acids is 1. The first kappa shape index (κ1) is 12.4. The molecule has 1 atom stereocenters. The summed E-state index contributed by atoms with van der Waals surface area (Å²) in [5.41, 5.74) is 6.52. The maximum atomic E-state index is 12.6. The number of rotatable bonds is 5. The fraction of sp³-hybridized carbons (Fsp3) is 0.250. The lowest BCUT2D eigenvalue weighted by molar-refractivity contribution is -0.137. The van der Waals surface area contributed by atoms with Crippen molar-refractivity contribution in [3.8, 4) is 0 Å². The Labute approximate surface area is 93.4 Å². The molecule has 4 heteroatoms. The number of halogens is 1. The second kappa shape index (κ2) is 6.02. The highest BCUT2D eigenvalue weighted by Gasteiger charge is 2.01. The van der Waals surface area contributed by atoms with E-state index in [2.05, 4.69) is 0 Å². The van der Waals surface area contributed by atoms with Crippen molar-refractivity contribution < 1.29 is 14.3 Å². The Hall–Kier alpha value is -1.68. The molecule has 1 aromatic carbocycles. The van der Waals surface area contributed by atoms with E-state index in [1.807, 2.05) is 0 Å². The fourth-order valence-electron chi connectivity index (χ4n) is 1.19. The van der Waals surface area contributed by atoms with Gasteiger partial charge in [0.05, 0.1) is 0 Å². The molecule has 1 rings (SSSR count). The van der Waals surface area contributed by atoms with Crippen molar-refractivity contribution >= 4 is 12.0 Å². The second-order valence-corrected chi connectivity index (χ2v) is 3.51. The van der Waals surface area contributed by atoms with Crippen LogP contribution in [0.3, 0.4) is 0 Å². The molecule has 0 bridgehead atoms. The molecule has 16 heavy (non-hydrogen) atoms. The Balaban J connectivity index is 2.46. The third-order valence-electron chi connectivity index (χ3n) is 2.10. The summed E-state index contributed by atoms with van der Waals surface area (Å²) in [6.45, 7) is 0. The van der Waals surface area contributed by atoms with Gasteiger partial charge >= 0.3 is 5.97 Å². The normalized spacial score (nSPS) is 12.9. The molecule has 1 aromatic rings. The zero-order valence-corrected chi connectivity index (χ0v) is 8.77. The summed E-state index contributed by atoms with van der Waals surface area (Å²) >= 11 is 0. The van der Waals surface area contributed by atoms with E-state index >= 15 is 0 Å². The molecule has 0 aliphatic heterocycles. The fourth-order valence-corrected chi connectivity index (χ4v) is 1.19. The molecule has 0 heterocycles. The van der Waals surface area contributed by atoms with E-state index in [4.69, 9.17) is 10.8 Å². The third-order valence-corrected chi connectivity index (χ3v) is 2.10. The predicted molar refractivity (Wildman–Crippen MR) is 60.3 cm³/mol. The summed E-state index contributed by atoms with van der Waals surface area (Å²) < 4.78 is 12.6. The molecule has 0 aliphatic rings. The molecular formula is C12H14FNO2. The highest BCUT2D eigenvalue weighted by Crippen LogP contribution is 2.06. The van der Waals surface area contributed by atoms with Crippen LogP contribution >= 0.6 is 0 Å². The van der Waals surface area contributed by atoms with Gasteiger partial charge in [-0.05, 0) is 24.1 Å². The molecule has 0 radical (unpaired) electrons. The van der Waals surface area contributed by atoms with Gasteiger partial charge in [0.15, 0.2) is 0 Å². The number of nitrogens with two attached hydrogens (primary N) is 1. The molecule has 3 nitrogen and oxygen atoms in total. The highest BCUT2D eigenvalue weighted by atomic mass is 19.1. The first-order chi connectivity index (χ1) is 7.58. The summed E-state index contributed by atoms with van der Waals surface area (Å²) in [5, 5.41) is 8.46. The number of aliphatic carboxylic acids is 1. The van der Waals surface area contributed by atoms with Gasteiger partial charge in [0, 0.05) is 12.5 Å². The lowest BCUT2D eigenvalue weighted by Gasteiger charge is -2.03. The van der Waals surface area contributed by atoms with Crippen molar-refractivity contribution in [3.05, 3.63) is 41.7 Å². The van der Waals surface area contributed by atoms with Gasteiger partial charge in [0.2, 0.25) is 0 Å². The predicted octanol–water partition coefficient (Wildman–Crippen LogP) is 2.03. The van der Waals surface area contributed by atoms with Crippen LogP contribution in [0.4, 0.5) is 4.39 Å². The van der Waals surface area contributed by atoms with Gasteiger partial charge in [-0.1, -0.05) is 24.3 Å². The Morgan fingerprint density at radius 2 is 2.06 bits per heavy atom. The SMILES string of the molecule is NC(/C=C/c1ccc(F)cc1)CCC(=O)O.